The van der Waals surface area contributed by atoms with E-state index in [2.05, 4.69) is 29.5 Å². The lowest BCUT2D eigenvalue weighted by Crippen LogP contribution is -2.30. The van der Waals surface area contributed by atoms with Gasteiger partial charge in [-0.05, 0) is 13.0 Å². The van der Waals surface area contributed by atoms with Gasteiger partial charge in [-0.1, -0.05) is 58.8 Å². The highest BCUT2D eigenvalue weighted by atomic mass is 32.1. The van der Waals surface area contributed by atoms with Gasteiger partial charge in [0.25, 0.3) is 0 Å². The van der Waals surface area contributed by atoms with E-state index < -0.39 is 0 Å². The van der Waals surface area contributed by atoms with Crippen molar-refractivity contribution in [2.24, 2.45) is 0 Å². The van der Waals surface area contributed by atoms with Crippen LogP contribution in [-0.4, -0.2) is 17.6 Å². The van der Waals surface area contributed by atoms with Gasteiger partial charge in [-0.25, -0.2) is 4.98 Å². The van der Waals surface area contributed by atoms with Gasteiger partial charge in [0.15, 0.2) is 0 Å². The molecule has 1 N–H and O–H groups in total. The lowest BCUT2D eigenvalue weighted by molar-refractivity contribution is 0.458. The summed E-state index contributed by atoms with van der Waals surface area (Å²) in [5.41, 5.74) is 0. The van der Waals surface area contributed by atoms with Gasteiger partial charge in [0.2, 0.25) is 0 Å². The standard InChI is InChI=1S/C16H30N2S/c1-3-5-6-7-8-9-10-11-15(17-4-2)14-16-18-12-13-19-16/h12-13,15,17H,3-11,14H2,1-2H3. The number of aromatic nitrogens is 1. The Morgan fingerprint density at radius 1 is 1.11 bits per heavy atom. The van der Waals surface area contributed by atoms with E-state index >= 15 is 0 Å². The number of unbranched alkanes of at least 4 members (excludes halogenated alkanes) is 6. The number of nitrogens with one attached hydrogen (secondary N) is 1. The highest BCUT2D eigenvalue weighted by molar-refractivity contribution is 7.09. The van der Waals surface area contributed by atoms with Crippen LogP contribution in [0, 0.1) is 0 Å². The Kier molecular flexibility index (Phi) is 10.0. The molecule has 0 aliphatic rings. The second kappa shape index (κ2) is 11.4. The number of rotatable bonds is 12. The molecule has 19 heavy (non-hydrogen) atoms. The second-order valence-electron chi connectivity index (χ2n) is 5.29. The summed E-state index contributed by atoms with van der Waals surface area (Å²) in [6, 6.07) is 0.617. The maximum Gasteiger partial charge on any atom is 0.0940 e. The molecule has 1 aromatic heterocycles. The Balaban J connectivity index is 2.08. The molecule has 1 rings (SSSR count). The van der Waals surface area contributed by atoms with E-state index in [1.165, 1.54) is 56.4 Å². The molecule has 0 fully saturated rings. The molecule has 0 saturated carbocycles. The van der Waals surface area contributed by atoms with Crippen molar-refractivity contribution in [3.05, 3.63) is 16.6 Å². The zero-order valence-electron chi connectivity index (χ0n) is 12.7. The molecule has 0 spiro atoms. The SMILES string of the molecule is CCCCCCCCCC(Cc1nccs1)NCC. The zero-order valence-corrected chi connectivity index (χ0v) is 13.5. The van der Waals surface area contributed by atoms with Crippen molar-refractivity contribution >= 4 is 11.3 Å². The number of likely N-dealkylation sites (N-methyl/N-ethyl adjacent to an activating group) is 1. The number of nitrogens with zero attached hydrogens (tertiary/aromatic N) is 1. The Morgan fingerprint density at radius 2 is 1.84 bits per heavy atom. The highest BCUT2D eigenvalue weighted by Gasteiger charge is 2.09. The molecule has 110 valence electrons. The molecule has 1 aromatic rings. The lowest BCUT2D eigenvalue weighted by atomic mass is 10.0. The predicted octanol–water partition coefficient (Wildman–Crippen LogP) is 4.80. The minimum atomic E-state index is 0.617. The molecule has 1 unspecified atom stereocenters. The minimum absolute atomic E-state index is 0.617. The molecular formula is C16H30N2S. The summed E-state index contributed by atoms with van der Waals surface area (Å²) in [5, 5.41) is 6.95. The third kappa shape index (κ3) is 8.38. The third-order valence-corrected chi connectivity index (χ3v) is 4.36. The lowest BCUT2D eigenvalue weighted by Gasteiger charge is -2.16. The highest BCUT2D eigenvalue weighted by Crippen LogP contribution is 2.13. The smallest absolute Gasteiger partial charge is 0.0940 e. The van der Waals surface area contributed by atoms with Crippen molar-refractivity contribution in [1.82, 2.24) is 10.3 Å². The molecule has 1 heterocycles. The number of hydrogen-bond acceptors (Lipinski definition) is 3. The van der Waals surface area contributed by atoms with Crippen LogP contribution in [0.3, 0.4) is 0 Å². The largest absolute Gasteiger partial charge is 0.314 e. The quantitative estimate of drug-likeness (QED) is 0.557. The zero-order chi connectivity index (χ0) is 13.8. The summed E-state index contributed by atoms with van der Waals surface area (Å²) in [5.74, 6) is 0. The Labute approximate surface area is 123 Å². The van der Waals surface area contributed by atoms with E-state index in [9.17, 15) is 0 Å². The van der Waals surface area contributed by atoms with Gasteiger partial charge in [0, 0.05) is 24.0 Å². The Morgan fingerprint density at radius 3 is 2.47 bits per heavy atom. The average molecular weight is 282 g/mol. The molecule has 2 nitrogen and oxygen atoms in total. The van der Waals surface area contributed by atoms with Gasteiger partial charge in [-0.2, -0.15) is 0 Å². The van der Waals surface area contributed by atoms with Crippen LogP contribution in [0.2, 0.25) is 0 Å². The number of hydrogen-bond donors (Lipinski definition) is 1. The first-order valence-electron chi connectivity index (χ1n) is 7.98. The summed E-state index contributed by atoms with van der Waals surface area (Å²) >= 11 is 1.78. The maximum absolute atomic E-state index is 4.39. The fraction of sp³-hybridized carbons (Fsp3) is 0.812. The minimum Gasteiger partial charge on any atom is -0.314 e. The van der Waals surface area contributed by atoms with Crippen molar-refractivity contribution in [3.8, 4) is 0 Å². The molecule has 1 atom stereocenters. The van der Waals surface area contributed by atoms with Crippen LogP contribution >= 0.6 is 11.3 Å². The summed E-state index contributed by atoms with van der Waals surface area (Å²) < 4.78 is 0. The fourth-order valence-corrected chi connectivity index (χ4v) is 3.18. The van der Waals surface area contributed by atoms with Crippen molar-refractivity contribution in [2.45, 2.75) is 77.7 Å². The summed E-state index contributed by atoms with van der Waals surface area (Å²) in [6.45, 7) is 5.53. The van der Waals surface area contributed by atoms with E-state index in [0.717, 1.165) is 13.0 Å². The molecule has 0 bridgehead atoms. The van der Waals surface area contributed by atoms with Crippen LogP contribution in [0.5, 0.6) is 0 Å². The molecule has 0 aliphatic heterocycles. The fourth-order valence-electron chi connectivity index (χ4n) is 2.48. The van der Waals surface area contributed by atoms with Crippen molar-refractivity contribution in [3.63, 3.8) is 0 Å². The van der Waals surface area contributed by atoms with Gasteiger partial charge < -0.3 is 5.32 Å². The Hall–Kier alpha value is -0.410. The van der Waals surface area contributed by atoms with Crippen molar-refractivity contribution < 1.29 is 0 Å². The second-order valence-corrected chi connectivity index (χ2v) is 6.27. The first kappa shape index (κ1) is 16.6. The summed E-state index contributed by atoms with van der Waals surface area (Å²) in [7, 11) is 0. The number of thiazole rings is 1. The van der Waals surface area contributed by atoms with E-state index in [-0.39, 0.29) is 0 Å². The van der Waals surface area contributed by atoms with E-state index in [1.54, 1.807) is 11.3 Å². The van der Waals surface area contributed by atoms with Gasteiger partial charge >= 0.3 is 0 Å². The molecule has 0 aliphatic carbocycles. The summed E-state index contributed by atoms with van der Waals surface area (Å²) in [4.78, 5) is 4.39. The first-order valence-corrected chi connectivity index (χ1v) is 8.86. The third-order valence-electron chi connectivity index (χ3n) is 3.55. The molecule has 0 radical (unpaired) electrons. The monoisotopic (exact) mass is 282 g/mol. The van der Waals surface area contributed by atoms with Crippen LogP contribution in [0.15, 0.2) is 11.6 Å². The van der Waals surface area contributed by atoms with Crippen LogP contribution < -0.4 is 5.32 Å². The van der Waals surface area contributed by atoms with Crippen LogP contribution in [0.4, 0.5) is 0 Å². The molecular weight excluding hydrogens is 252 g/mol. The summed E-state index contributed by atoms with van der Waals surface area (Å²) in [6.07, 6.45) is 14.1. The topological polar surface area (TPSA) is 24.9 Å². The van der Waals surface area contributed by atoms with Crippen LogP contribution in [0.1, 0.15) is 70.2 Å². The first-order chi connectivity index (χ1) is 9.36. The molecule has 0 aromatic carbocycles. The Bertz CT molecular complexity index is 285. The van der Waals surface area contributed by atoms with Gasteiger partial charge in [0.05, 0.1) is 5.01 Å². The van der Waals surface area contributed by atoms with Crippen molar-refractivity contribution in [1.29, 1.82) is 0 Å². The van der Waals surface area contributed by atoms with Crippen LogP contribution in [-0.2, 0) is 6.42 Å². The normalized spacial score (nSPS) is 12.7. The van der Waals surface area contributed by atoms with E-state index in [0.29, 0.717) is 6.04 Å². The van der Waals surface area contributed by atoms with E-state index in [4.69, 9.17) is 0 Å². The van der Waals surface area contributed by atoms with Gasteiger partial charge in [-0.15, -0.1) is 11.3 Å². The molecule has 0 saturated heterocycles. The van der Waals surface area contributed by atoms with Gasteiger partial charge in [0.1, 0.15) is 0 Å². The average Bonchev–Trinajstić information content (AvgIpc) is 2.91. The molecule has 3 heteroatoms. The van der Waals surface area contributed by atoms with Crippen molar-refractivity contribution in [2.75, 3.05) is 6.54 Å². The predicted molar refractivity (Wildman–Crippen MR) is 85.9 cm³/mol. The van der Waals surface area contributed by atoms with E-state index in [1.807, 2.05) is 6.20 Å². The van der Waals surface area contributed by atoms with Crippen LogP contribution in [0.25, 0.3) is 0 Å². The molecule has 0 amide bonds. The maximum atomic E-state index is 4.39. The van der Waals surface area contributed by atoms with Gasteiger partial charge in [-0.3, -0.25) is 0 Å².